The summed E-state index contributed by atoms with van der Waals surface area (Å²) in [5.74, 6) is -5.46. The predicted octanol–water partition coefficient (Wildman–Crippen LogP) is 1.54. The molecule has 0 aliphatic rings. The van der Waals surface area contributed by atoms with Crippen molar-refractivity contribution in [2.75, 3.05) is 0 Å². The molecule has 1 atom stereocenters. The van der Waals surface area contributed by atoms with E-state index in [2.05, 4.69) is 4.98 Å². The van der Waals surface area contributed by atoms with Crippen molar-refractivity contribution in [3.63, 3.8) is 0 Å². The molecule has 2 aromatic rings. The van der Waals surface area contributed by atoms with E-state index in [0.717, 1.165) is 6.07 Å². The summed E-state index contributed by atoms with van der Waals surface area (Å²) in [7, 11) is 0. The summed E-state index contributed by atoms with van der Waals surface area (Å²) in [5.41, 5.74) is 5.44. The van der Waals surface area contributed by atoms with Crippen molar-refractivity contribution in [2.24, 2.45) is 5.73 Å². The van der Waals surface area contributed by atoms with E-state index in [1.165, 1.54) is 6.20 Å². The minimum absolute atomic E-state index is 0.0862. The summed E-state index contributed by atoms with van der Waals surface area (Å²) < 4.78 is 39.4. The normalized spacial score (nSPS) is 12.9. The van der Waals surface area contributed by atoms with Crippen LogP contribution in [-0.4, -0.2) is 22.1 Å². The first-order chi connectivity index (χ1) is 8.41. The molecule has 0 fully saturated rings. The summed E-state index contributed by atoms with van der Waals surface area (Å²) in [6, 6.07) is -0.381. The van der Waals surface area contributed by atoms with E-state index in [0.29, 0.717) is 5.56 Å². The number of aromatic nitrogens is 1. The Morgan fingerprint density at radius 2 is 2.06 bits per heavy atom. The number of benzene rings is 1. The molecule has 0 radical (unpaired) electrons. The first-order valence-electron chi connectivity index (χ1n) is 5.03. The smallest absolute Gasteiger partial charge is 0.320 e. The van der Waals surface area contributed by atoms with Crippen LogP contribution in [0.3, 0.4) is 0 Å². The van der Waals surface area contributed by atoms with E-state index >= 15 is 0 Å². The van der Waals surface area contributed by atoms with Crippen molar-refractivity contribution >= 4 is 16.9 Å². The molecule has 0 saturated heterocycles. The van der Waals surface area contributed by atoms with Crippen LogP contribution < -0.4 is 5.73 Å². The molecule has 96 valence electrons. The van der Waals surface area contributed by atoms with Gasteiger partial charge < -0.3 is 15.8 Å². The molecule has 1 heterocycles. The lowest BCUT2D eigenvalue weighted by atomic mass is 10.1. The molecule has 0 aliphatic carbocycles. The molecule has 1 aromatic heterocycles. The maximum atomic E-state index is 13.4. The van der Waals surface area contributed by atoms with Crippen LogP contribution >= 0.6 is 0 Å². The third-order valence-corrected chi connectivity index (χ3v) is 2.66. The second-order valence-electron chi connectivity index (χ2n) is 3.87. The topological polar surface area (TPSA) is 79.1 Å². The van der Waals surface area contributed by atoms with E-state index in [1.807, 2.05) is 0 Å². The highest BCUT2D eigenvalue weighted by molar-refractivity contribution is 5.85. The Bertz CT molecular complexity index is 624. The van der Waals surface area contributed by atoms with Gasteiger partial charge in [-0.2, -0.15) is 0 Å². The lowest BCUT2D eigenvalue weighted by molar-refractivity contribution is -0.138. The van der Waals surface area contributed by atoms with Gasteiger partial charge in [-0.15, -0.1) is 0 Å². The van der Waals surface area contributed by atoms with E-state index in [1.54, 1.807) is 0 Å². The van der Waals surface area contributed by atoms with Crippen LogP contribution in [0.25, 0.3) is 10.9 Å². The molecule has 4 nitrogen and oxygen atoms in total. The van der Waals surface area contributed by atoms with Gasteiger partial charge in [0.05, 0.1) is 5.52 Å². The number of carboxylic acids is 1. The van der Waals surface area contributed by atoms with Gasteiger partial charge in [-0.25, -0.2) is 13.2 Å². The van der Waals surface area contributed by atoms with Crippen molar-refractivity contribution in [1.82, 2.24) is 4.98 Å². The lowest BCUT2D eigenvalue weighted by Crippen LogP contribution is -2.32. The highest BCUT2D eigenvalue weighted by Gasteiger charge is 2.19. The van der Waals surface area contributed by atoms with Gasteiger partial charge in [0.15, 0.2) is 17.5 Å². The Morgan fingerprint density at radius 3 is 2.67 bits per heavy atom. The molecular weight excluding hydrogens is 249 g/mol. The molecule has 0 amide bonds. The number of aromatic amines is 1. The van der Waals surface area contributed by atoms with E-state index < -0.39 is 29.5 Å². The standard InChI is InChI=1S/C11H9F3N2O2/c12-6-2-5-4(1-7(15)11(17)18)3-16-10(5)9(14)8(6)13/h2-3,7,16H,1,15H2,(H,17,18). The van der Waals surface area contributed by atoms with Crippen molar-refractivity contribution in [1.29, 1.82) is 0 Å². The number of hydrogen-bond donors (Lipinski definition) is 3. The molecule has 1 unspecified atom stereocenters. The SMILES string of the molecule is NC(Cc1c[nH]c2c(F)c(F)c(F)cc12)C(=O)O. The van der Waals surface area contributed by atoms with Crippen LogP contribution in [0.4, 0.5) is 13.2 Å². The molecule has 0 bridgehead atoms. The van der Waals surface area contributed by atoms with Crippen LogP contribution in [0, 0.1) is 17.5 Å². The van der Waals surface area contributed by atoms with Crippen molar-refractivity contribution < 1.29 is 23.1 Å². The molecular formula is C11H9F3N2O2. The highest BCUT2D eigenvalue weighted by Crippen LogP contribution is 2.25. The molecule has 0 aliphatic heterocycles. The fourth-order valence-electron chi connectivity index (χ4n) is 1.72. The minimum Gasteiger partial charge on any atom is -0.480 e. The van der Waals surface area contributed by atoms with Gasteiger partial charge in [-0.05, 0) is 11.6 Å². The van der Waals surface area contributed by atoms with Crippen LogP contribution in [0.2, 0.25) is 0 Å². The lowest BCUT2D eigenvalue weighted by Gasteiger charge is -2.05. The number of carbonyl (C=O) groups is 1. The molecule has 0 spiro atoms. The van der Waals surface area contributed by atoms with Crippen molar-refractivity contribution in [3.05, 3.63) is 35.3 Å². The highest BCUT2D eigenvalue weighted by atomic mass is 19.2. The number of carboxylic acid groups (broad SMARTS) is 1. The number of rotatable bonds is 3. The summed E-state index contributed by atoms with van der Waals surface area (Å²) in [5, 5.41) is 8.75. The first kappa shape index (κ1) is 12.4. The van der Waals surface area contributed by atoms with Gasteiger partial charge in [0.1, 0.15) is 6.04 Å². The second-order valence-corrected chi connectivity index (χ2v) is 3.87. The van der Waals surface area contributed by atoms with Crippen LogP contribution in [-0.2, 0) is 11.2 Å². The van der Waals surface area contributed by atoms with E-state index in [9.17, 15) is 18.0 Å². The van der Waals surface area contributed by atoms with Gasteiger partial charge in [0.25, 0.3) is 0 Å². The summed E-state index contributed by atoms with van der Waals surface area (Å²) in [6.45, 7) is 0. The number of hydrogen-bond acceptors (Lipinski definition) is 2. The largest absolute Gasteiger partial charge is 0.480 e. The molecule has 7 heteroatoms. The third-order valence-electron chi connectivity index (χ3n) is 2.66. The average molecular weight is 258 g/mol. The number of halogens is 3. The number of aliphatic carboxylic acids is 1. The van der Waals surface area contributed by atoms with Crippen LogP contribution in [0.1, 0.15) is 5.56 Å². The van der Waals surface area contributed by atoms with Crippen LogP contribution in [0.15, 0.2) is 12.3 Å². The number of H-pyrrole nitrogens is 1. The number of nitrogens with one attached hydrogen (secondary N) is 1. The Labute approximate surface area is 99.2 Å². The number of fused-ring (bicyclic) bond motifs is 1. The quantitative estimate of drug-likeness (QED) is 0.730. The molecule has 2 rings (SSSR count). The second kappa shape index (κ2) is 4.34. The summed E-state index contributed by atoms with van der Waals surface area (Å²) in [4.78, 5) is 13.0. The van der Waals surface area contributed by atoms with Gasteiger partial charge >= 0.3 is 5.97 Å². The Morgan fingerprint density at radius 1 is 1.39 bits per heavy atom. The fourth-order valence-corrected chi connectivity index (χ4v) is 1.72. The molecule has 1 aromatic carbocycles. The maximum Gasteiger partial charge on any atom is 0.320 e. The molecule has 4 N–H and O–H groups in total. The monoisotopic (exact) mass is 258 g/mol. The Balaban J connectivity index is 2.51. The van der Waals surface area contributed by atoms with Crippen LogP contribution in [0.5, 0.6) is 0 Å². The average Bonchev–Trinajstić information content (AvgIpc) is 2.69. The van der Waals surface area contributed by atoms with Gasteiger partial charge in [0.2, 0.25) is 0 Å². The van der Waals surface area contributed by atoms with Crippen molar-refractivity contribution in [2.45, 2.75) is 12.5 Å². The molecule has 18 heavy (non-hydrogen) atoms. The molecule has 0 saturated carbocycles. The maximum absolute atomic E-state index is 13.4. The van der Waals surface area contributed by atoms with Gasteiger partial charge in [-0.1, -0.05) is 0 Å². The van der Waals surface area contributed by atoms with Gasteiger partial charge in [-0.3, -0.25) is 4.79 Å². The van der Waals surface area contributed by atoms with E-state index in [4.69, 9.17) is 10.8 Å². The Hall–Kier alpha value is -2.02. The van der Waals surface area contributed by atoms with E-state index in [-0.39, 0.29) is 17.3 Å². The third kappa shape index (κ3) is 1.92. The Kier molecular flexibility index (Phi) is 3.00. The zero-order chi connectivity index (χ0) is 13.4. The first-order valence-corrected chi connectivity index (χ1v) is 5.03. The minimum atomic E-state index is -1.57. The summed E-state index contributed by atoms with van der Waals surface area (Å²) in [6.07, 6.45) is 1.18. The zero-order valence-corrected chi connectivity index (χ0v) is 9.01. The summed E-state index contributed by atoms with van der Waals surface area (Å²) >= 11 is 0. The fraction of sp³-hybridized carbons (Fsp3) is 0.182. The zero-order valence-electron chi connectivity index (χ0n) is 9.01. The predicted molar refractivity (Wildman–Crippen MR) is 57.5 cm³/mol. The number of nitrogens with two attached hydrogens (primary N) is 1. The van der Waals surface area contributed by atoms with Crippen molar-refractivity contribution in [3.8, 4) is 0 Å². The van der Waals surface area contributed by atoms with Gasteiger partial charge in [0, 0.05) is 18.0 Å².